The molecule has 0 radical (unpaired) electrons. The highest BCUT2D eigenvalue weighted by Crippen LogP contribution is 2.29. The zero-order valence-corrected chi connectivity index (χ0v) is 21.1. The van der Waals surface area contributed by atoms with E-state index in [0.717, 1.165) is 6.42 Å². The van der Waals surface area contributed by atoms with Gasteiger partial charge >= 0.3 is 6.03 Å². The van der Waals surface area contributed by atoms with Gasteiger partial charge in [-0.05, 0) is 55.3 Å². The van der Waals surface area contributed by atoms with Gasteiger partial charge in [-0.25, -0.2) is 9.78 Å². The molecule has 1 heterocycles. The largest absolute Gasteiger partial charge is 0.322 e. The molecule has 0 fully saturated rings. The van der Waals surface area contributed by atoms with Crippen molar-refractivity contribution in [3.63, 3.8) is 0 Å². The van der Waals surface area contributed by atoms with Crippen LogP contribution in [-0.2, 0) is 0 Å². The Bertz CT molecular complexity index is 1410. The van der Waals surface area contributed by atoms with Crippen LogP contribution in [0.1, 0.15) is 38.6 Å². The second-order valence-corrected chi connectivity index (χ2v) is 8.98. The number of para-hydroxylation sites is 2. The summed E-state index contributed by atoms with van der Waals surface area (Å²) < 4.78 is 1.61. The Morgan fingerprint density at radius 1 is 1.03 bits per heavy atom. The van der Waals surface area contributed by atoms with Crippen molar-refractivity contribution in [2.24, 2.45) is 0 Å². The fourth-order valence-corrected chi connectivity index (χ4v) is 4.62. The van der Waals surface area contributed by atoms with Crippen LogP contribution < -0.4 is 10.9 Å². The molecule has 1 aromatic heterocycles. The SMILES string of the molecule is CCCN(C(=O)Nc1ccc(Cl)cc1Cl)C(CC)c1nc2ccccc2c(=O)n1-c1ccccc1. The van der Waals surface area contributed by atoms with Gasteiger partial charge in [-0.1, -0.05) is 67.4 Å². The topological polar surface area (TPSA) is 67.2 Å². The Kier molecular flexibility index (Phi) is 7.73. The van der Waals surface area contributed by atoms with E-state index in [1.54, 1.807) is 33.7 Å². The van der Waals surface area contributed by atoms with Gasteiger partial charge < -0.3 is 10.2 Å². The van der Waals surface area contributed by atoms with Crippen LogP contribution in [0.3, 0.4) is 0 Å². The molecule has 1 N–H and O–H groups in total. The Morgan fingerprint density at radius 3 is 2.43 bits per heavy atom. The number of nitrogens with one attached hydrogen (secondary N) is 1. The lowest BCUT2D eigenvalue weighted by molar-refractivity contribution is 0.181. The standard InChI is InChI=1S/C27H26Cl2N4O2/c1-3-16-32(27(35)31-23-15-14-18(28)17-21(23)29)24(4-2)25-30-22-13-9-8-12-20(22)26(34)33(25)19-10-6-5-7-11-19/h5-15,17,24H,3-4,16H2,1-2H3,(H,31,35). The van der Waals surface area contributed by atoms with Crippen molar-refractivity contribution in [3.05, 3.63) is 99.0 Å². The lowest BCUT2D eigenvalue weighted by atomic mass is 10.1. The third-order valence-corrected chi connectivity index (χ3v) is 6.32. The van der Waals surface area contributed by atoms with E-state index in [1.165, 1.54) is 0 Å². The molecular formula is C27H26Cl2N4O2. The van der Waals surface area contributed by atoms with Gasteiger partial charge in [0.15, 0.2) is 0 Å². The zero-order valence-electron chi connectivity index (χ0n) is 19.5. The second kappa shape index (κ2) is 10.9. The minimum absolute atomic E-state index is 0.173. The first kappa shape index (κ1) is 24.8. The molecule has 1 atom stereocenters. The molecule has 8 heteroatoms. The molecule has 0 saturated carbocycles. The van der Waals surface area contributed by atoms with Gasteiger partial charge in [0.05, 0.1) is 33.3 Å². The fourth-order valence-electron chi connectivity index (χ4n) is 4.16. The maximum absolute atomic E-state index is 13.7. The lowest BCUT2D eigenvalue weighted by Gasteiger charge is -2.32. The number of carbonyl (C=O) groups is 1. The Hall–Kier alpha value is -3.35. The summed E-state index contributed by atoms with van der Waals surface area (Å²) in [6.45, 7) is 4.44. The zero-order chi connectivity index (χ0) is 24.9. The van der Waals surface area contributed by atoms with Gasteiger partial charge in [0.1, 0.15) is 5.82 Å². The molecule has 1 unspecified atom stereocenters. The van der Waals surface area contributed by atoms with Crippen LogP contribution in [0.4, 0.5) is 10.5 Å². The van der Waals surface area contributed by atoms with Crippen molar-refractivity contribution in [2.75, 3.05) is 11.9 Å². The van der Waals surface area contributed by atoms with E-state index in [1.807, 2.05) is 62.4 Å². The van der Waals surface area contributed by atoms with Crippen molar-refractivity contribution < 1.29 is 4.79 Å². The highest BCUT2D eigenvalue weighted by atomic mass is 35.5. The predicted octanol–water partition coefficient (Wildman–Crippen LogP) is 7.09. The molecule has 0 aliphatic carbocycles. The molecule has 0 aliphatic heterocycles. The maximum atomic E-state index is 13.7. The molecule has 6 nitrogen and oxygen atoms in total. The van der Waals surface area contributed by atoms with Gasteiger partial charge in [0.25, 0.3) is 5.56 Å². The van der Waals surface area contributed by atoms with Crippen molar-refractivity contribution in [2.45, 2.75) is 32.7 Å². The molecule has 4 rings (SSSR count). The minimum Gasteiger partial charge on any atom is -0.314 e. The van der Waals surface area contributed by atoms with Crippen LogP contribution in [0.15, 0.2) is 77.6 Å². The minimum atomic E-state index is -0.460. The summed E-state index contributed by atoms with van der Waals surface area (Å²) in [6, 6.07) is 20.8. The summed E-state index contributed by atoms with van der Waals surface area (Å²) in [6.07, 6.45) is 1.28. The summed E-state index contributed by atoms with van der Waals surface area (Å²) in [5.74, 6) is 0.508. The van der Waals surface area contributed by atoms with E-state index in [4.69, 9.17) is 28.2 Å². The molecule has 0 saturated heterocycles. The molecule has 180 valence electrons. The number of nitrogens with zero attached hydrogens (tertiary/aromatic N) is 3. The van der Waals surface area contributed by atoms with Crippen molar-refractivity contribution in [3.8, 4) is 5.69 Å². The Labute approximate surface area is 214 Å². The van der Waals surface area contributed by atoms with Crippen LogP contribution in [0.25, 0.3) is 16.6 Å². The summed E-state index contributed by atoms with van der Waals surface area (Å²) in [7, 11) is 0. The van der Waals surface area contributed by atoms with Gasteiger partial charge in [-0.15, -0.1) is 0 Å². The third-order valence-electron chi connectivity index (χ3n) is 5.78. The van der Waals surface area contributed by atoms with Crippen LogP contribution >= 0.6 is 23.2 Å². The van der Waals surface area contributed by atoms with Crippen LogP contribution in [0, 0.1) is 0 Å². The lowest BCUT2D eigenvalue weighted by Crippen LogP contribution is -2.41. The van der Waals surface area contributed by atoms with E-state index in [2.05, 4.69) is 5.32 Å². The van der Waals surface area contributed by atoms with Crippen LogP contribution in [0.2, 0.25) is 10.0 Å². The van der Waals surface area contributed by atoms with Crippen molar-refractivity contribution in [1.29, 1.82) is 0 Å². The quantitative estimate of drug-likeness (QED) is 0.289. The number of hydrogen-bond acceptors (Lipinski definition) is 3. The number of carbonyl (C=O) groups excluding carboxylic acids is 1. The highest BCUT2D eigenvalue weighted by molar-refractivity contribution is 6.36. The smallest absolute Gasteiger partial charge is 0.314 e. The molecule has 3 aromatic carbocycles. The number of halogens is 2. The highest BCUT2D eigenvalue weighted by Gasteiger charge is 2.29. The number of amides is 2. The third kappa shape index (κ3) is 5.19. The molecule has 0 spiro atoms. The van der Waals surface area contributed by atoms with Crippen molar-refractivity contribution >= 4 is 45.8 Å². The normalized spacial score (nSPS) is 11.9. The number of aromatic nitrogens is 2. The van der Waals surface area contributed by atoms with Gasteiger partial charge in [0, 0.05) is 11.6 Å². The van der Waals surface area contributed by atoms with E-state index in [0.29, 0.717) is 51.1 Å². The van der Waals surface area contributed by atoms with Gasteiger partial charge in [0.2, 0.25) is 0 Å². The summed E-state index contributed by atoms with van der Waals surface area (Å²) in [4.78, 5) is 33.8. The van der Waals surface area contributed by atoms with Crippen LogP contribution in [0.5, 0.6) is 0 Å². The van der Waals surface area contributed by atoms with Gasteiger partial charge in [-0.2, -0.15) is 0 Å². The Balaban J connectivity index is 1.85. The monoisotopic (exact) mass is 508 g/mol. The molecular weight excluding hydrogens is 483 g/mol. The average Bonchev–Trinajstić information content (AvgIpc) is 2.86. The number of anilines is 1. The molecule has 0 bridgehead atoms. The number of hydrogen-bond donors (Lipinski definition) is 1. The first-order valence-corrected chi connectivity index (χ1v) is 12.3. The van der Waals surface area contributed by atoms with E-state index >= 15 is 0 Å². The molecule has 0 aliphatic rings. The van der Waals surface area contributed by atoms with E-state index in [9.17, 15) is 9.59 Å². The van der Waals surface area contributed by atoms with E-state index in [-0.39, 0.29) is 11.6 Å². The molecule has 35 heavy (non-hydrogen) atoms. The molecule has 2 amide bonds. The second-order valence-electron chi connectivity index (χ2n) is 8.14. The maximum Gasteiger partial charge on any atom is 0.322 e. The van der Waals surface area contributed by atoms with Crippen molar-refractivity contribution in [1.82, 2.24) is 14.5 Å². The number of urea groups is 1. The Morgan fingerprint density at radius 2 is 1.74 bits per heavy atom. The first-order chi connectivity index (χ1) is 16.9. The number of benzene rings is 3. The summed E-state index contributed by atoms with van der Waals surface area (Å²) >= 11 is 12.3. The number of fused-ring (bicyclic) bond motifs is 1. The molecule has 4 aromatic rings. The summed E-state index contributed by atoms with van der Waals surface area (Å²) in [5, 5.41) is 4.25. The summed E-state index contributed by atoms with van der Waals surface area (Å²) in [5.41, 5.74) is 1.58. The van der Waals surface area contributed by atoms with Crippen LogP contribution in [-0.4, -0.2) is 27.0 Å². The van der Waals surface area contributed by atoms with Gasteiger partial charge in [-0.3, -0.25) is 9.36 Å². The fraction of sp³-hybridized carbons (Fsp3) is 0.222. The van der Waals surface area contributed by atoms with E-state index < -0.39 is 6.04 Å². The number of rotatable bonds is 7. The first-order valence-electron chi connectivity index (χ1n) is 11.5. The predicted molar refractivity (Wildman–Crippen MR) is 143 cm³/mol. The average molecular weight is 509 g/mol.